The molecule has 1 unspecified atom stereocenters. The average Bonchev–Trinajstić information content (AvgIpc) is 2.69. The lowest BCUT2D eigenvalue weighted by Gasteiger charge is -2.11. The molecule has 3 heteroatoms. The van der Waals surface area contributed by atoms with Gasteiger partial charge in [0.15, 0.2) is 0 Å². The predicted octanol–water partition coefficient (Wildman–Crippen LogP) is 1.68. The van der Waals surface area contributed by atoms with Crippen molar-refractivity contribution in [1.29, 1.82) is 0 Å². The first-order valence-electron chi connectivity index (χ1n) is 6.21. The van der Waals surface area contributed by atoms with Crippen LogP contribution in [0.25, 0.3) is 0 Å². The zero-order chi connectivity index (χ0) is 11.1. The van der Waals surface area contributed by atoms with E-state index in [2.05, 4.69) is 24.5 Å². The zero-order valence-electron chi connectivity index (χ0n) is 10.0. The molecule has 1 atom stereocenters. The first-order chi connectivity index (χ1) is 7.20. The second-order valence-electron chi connectivity index (χ2n) is 4.83. The highest BCUT2D eigenvalue weighted by Gasteiger charge is 2.20. The van der Waals surface area contributed by atoms with E-state index in [9.17, 15) is 4.79 Å². The lowest BCUT2D eigenvalue weighted by molar-refractivity contribution is -0.122. The van der Waals surface area contributed by atoms with E-state index in [0.29, 0.717) is 0 Å². The molecule has 0 aromatic carbocycles. The quantitative estimate of drug-likeness (QED) is 0.658. The number of amides is 1. The Morgan fingerprint density at radius 3 is 2.87 bits per heavy atom. The van der Waals surface area contributed by atoms with Gasteiger partial charge in [-0.15, -0.1) is 0 Å². The van der Waals surface area contributed by atoms with Crippen molar-refractivity contribution < 1.29 is 4.79 Å². The Morgan fingerprint density at radius 2 is 2.27 bits per heavy atom. The number of hydrogen-bond donors (Lipinski definition) is 2. The van der Waals surface area contributed by atoms with Crippen LogP contribution in [0.15, 0.2) is 0 Å². The third kappa shape index (κ3) is 5.17. The van der Waals surface area contributed by atoms with E-state index < -0.39 is 0 Å². The van der Waals surface area contributed by atoms with Gasteiger partial charge in [-0.05, 0) is 31.7 Å². The van der Waals surface area contributed by atoms with E-state index >= 15 is 0 Å². The highest BCUT2D eigenvalue weighted by atomic mass is 16.2. The van der Waals surface area contributed by atoms with Crippen LogP contribution < -0.4 is 10.6 Å². The van der Waals surface area contributed by atoms with Gasteiger partial charge in [0.1, 0.15) is 0 Å². The third-order valence-electron chi connectivity index (χ3n) is 2.88. The molecule has 0 aromatic heterocycles. The standard InChI is InChI=1S/C12H24N2O/c1-10(2)6-3-4-8-14-12(15)11-7-5-9-13-11/h10-11,13H,3-9H2,1-2H3,(H,14,15). The van der Waals surface area contributed by atoms with Crippen LogP contribution in [0.4, 0.5) is 0 Å². The van der Waals surface area contributed by atoms with Crippen molar-refractivity contribution in [2.24, 2.45) is 5.92 Å². The summed E-state index contributed by atoms with van der Waals surface area (Å²) in [6.45, 7) is 6.30. The van der Waals surface area contributed by atoms with Gasteiger partial charge in [0, 0.05) is 6.54 Å². The summed E-state index contributed by atoms with van der Waals surface area (Å²) in [6, 6.07) is 0.0788. The van der Waals surface area contributed by atoms with Gasteiger partial charge in [-0.3, -0.25) is 4.79 Å². The SMILES string of the molecule is CC(C)CCCCNC(=O)C1CCCN1. The second-order valence-corrected chi connectivity index (χ2v) is 4.83. The van der Waals surface area contributed by atoms with Crippen LogP contribution in [0.1, 0.15) is 46.0 Å². The van der Waals surface area contributed by atoms with E-state index in [-0.39, 0.29) is 11.9 Å². The van der Waals surface area contributed by atoms with E-state index in [1.807, 2.05) is 0 Å². The Kier molecular flexibility index (Phi) is 5.69. The van der Waals surface area contributed by atoms with Crippen LogP contribution in [0.5, 0.6) is 0 Å². The molecule has 3 nitrogen and oxygen atoms in total. The Labute approximate surface area is 93.0 Å². The predicted molar refractivity (Wildman–Crippen MR) is 62.7 cm³/mol. The summed E-state index contributed by atoms with van der Waals surface area (Å²) in [5.74, 6) is 0.967. The molecule has 1 aliphatic rings. The average molecular weight is 212 g/mol. The fourth-order valence-corrected chi connectivity index (χ4v) is 1.92. The Balaban J connectivity index is 1.97. The van der Waals surface area contributed by atoms with E-state index in [4.69, 9.17) is 0 Å². The summed E-state index contributed by atoms with van der Waals surface area (Å²) in [6.07, 6.45) is 5.72. The molecule has 0 aromatic rings. The van der Waals surface area contributed by atoms with Gasteiger partial charge in [0.2, 0.25) is 5.91 Å². The van der Waals surface area contributed by atoms with Crippen molar-refractivity contribution in [3.8, 4) is 0 Å². The lowest BCUT2D eigenvalue weighted by Crippen LogP contribution is -2.40. The molecule has 1 aliphatic heterocycles. The molecule has 1 saturated heterocycles. The van der Waals surface area contributed by atoms with Crippen LogP contribution >= 0.6 is 0 Å². The molecule has 15 heavy (non-hydrogen) atoms. The Morgan fingerprint density at radius 1 is 1.47 bits per heavy atom. The van der Waals surface area contributed by atoms with Crippen molar-refractivity contribution in [2.75, 3.05) is 13.1 Å². The minimum Gasteiger partial charge on any atom is -0.355 e. The molecule has 0 radical (unpaired) electrons. The second kappa shape index (κ2) is 6.83. The summed E-state index contributed by atoms with van der Waals surface area (Å²) >= 11 is 0. The summed E-state index contributed by atoms with van der Waals surface area (Å²) in [5.41, 5.74) is 0. The molecule has 88 valence electrons. The minimum absolute atomic E-state index is 0.0788. The summed E-state index contributed by atoms with van der Waals surface area (Å²) < 4.78 is 0. The first-order valence-corrected chi connectivity index (χ1v) is 6.21. The van der Waals surface area contributed by atoms with Crippen LogP contribution in [0.2, 0.25) is 0 Å². The molecule has 1 amide bonds. The highest BCUT2D eigenvalue weighted by Crippen LogP contribution is 2.06. The van der Waals surface area contributed by atoms with Crippen molar-refractivity contribution >= 4 is 5.91 Å². The molecule has 0 saturated carbocycles. The molecular weight excluding hydrogens is 188 g/mol. The molecule has 1 fully saturated rings. The van der Waals surface area contributed by atoms with Gasteiger partial charge >= 0.3 is 0 Å². The number of carbonyl (C=O) groups excluding carboxylic acids is 1. The van der Waals surface area contributed by atoms with E-state index in [1.165, 1.54) is 12.8 Å². The van der Waals surface area contributed by atoms with Crippen LogP contribution in [0.3, 0.4) is 0 Å². The normalized spacial score (nSPS) is 20.9. The van der Waals surface area contributed by atoms with Crippen molar-refractivity contribution in [1.82, 2.24) is 10.6 Å². The van der Waals surface area contributed by atoms with Crippen molar-refractivity contribution in [3.63, 3.8) is 0 Å². The van der Waals surface area contributed by atoms with Crippen molar-refractivity contribution in [2.45, 2.75) is 52.0 Å². The van der Waals surface area contributed by atoms with E-state index in [0.717, 1.165) is 38.3 Å². The number of rotatable bonds is 6. The summed E-state index contributed by atoms with van der Waals surface area (Å²) in [7, 11) is 0. The smallest absolute Gasteiger partial charge is 0.237 e. The maximum absolute atomic E-state index is 11.6. The third-order valence-corrected chi connectivity index (χ3v) is 2.88. The van der Waals surface area contributed by atoms with Crippen LogP contribution in [-0.4, -0.2) is 25.0 Å². The van der Waals surface area contributed by atoms with Crippen LogP contribution in [-0.2, 0) is 4.79 Å². The molecule has 1 heterocycles. The molecule has 1 rings (SSSR count). The zero-order valence-corrected chi connectivity index (χ0v) is 10.0. The Bertz CT molecular complexity index is 186. The van der Waals surface area contributed by atoms with Gasteiger partial charge in [-0.1, -0.05) is 26.7 Å². The number of nitrogens with one attached hydrogen (secondary N) is 2. The van der Waals surface area contributed by atoms with Gasteiger partial charge in [-0.2, -0.15) is 0 Å². The fourth-order valence-electron chi connectivity index (χ4n) is 1.92. The Hall–Kier alpha value is -0.570. The molecule has 2 N–H and O–H groups in total. The largest absolute Gasteiger partial charge is 0.355 e. The van der Waals surface area contributed by atoms with Crippen LogP contribution in [0, 0.1) is 5.92 Å². The van der Waals surface area contributed by atoms with E-state index in [1.54, 1.807) is 0 Å². The fraction of sp³-hybridized carbons (Fsp3) is 0.917. The van der Waals surface area contributed by atoms with Gasteiger partial charge < -0.3 is 10.6 Å². The first kappa shape index (κ1) is 12.5. The highest BCUT2D eigenvalue weighted by molar-refractivity contribution is 5.81. The lowest BCUT2D eigenvalue weighted by atomic mass is 10.1. The minimum atomic E-state index is 0.0788. The topological polar surface area (TPSA) is 41.1 Å². The van der Waals surface area contributed by atoms with Gasteiger partial charge in [-0.25, -0.2) is 0 Å². The summed E-state index contributed by atoms with van der Waals surface area (Å²) in [5, 5.41) is 6.20. The maximum atomic E-state index is 11.6. The molecule has 0 aliphatic carbocycles. The van der Waals surface area contributed by atoms with Gasteiger partial charge in [0.25, 0.3) is 0 Å². The molecule has 0 bridgehead atoms. The number of unbranched alkanes of at least 4 members (excludes halogenated alkanes) is 1. The monoisotopic (exact) mass is 212 g/mol. The number of carbonyl (C=O) groups is 1. The number of hydrogen-bond acceptors (Lipinski definition) is 2. The molecule has 0 spiro atoms. The maximum Gasteiger partial charge on any atom is 0.237 e. The van der Waals surface area contributed by atoms with Crippen molar-refractivity contribution in [3.05, 3.63) is 0 Å². The van der Waals surface area contributed by atoms with Gasteiger partial charge in [0.05, 0.1) is 6.04 Å². The summed E-state index contributed by atoms with van der Waals surface area (Å²) in [4.78, 5) is 11.6. The molecular formula is C12H24N2O.